The molecule has 0 radical (unpaired) electrons. The van der Waals surface area contributed by atoms with E-state index >= 15 is 0 Å². The topological polar surface area (TPSA) is 75.2 Å². The quantitative estimate of drug-likeness (QED) is 0.675. The van der Waals surface area contributed by atoms with Crippen LogP contribution in [0.2, 0.25) is 0 Å². The Morgan fingerprint density at radius 3 is 2.73 bits per heavy atom. The fraction of sp³-hybridized carbons (Fsp3) is 0.769. The summed E-state index contributed by atoms with van der Waals surface area (Å²) in [6.45, 7) is 4.87. The van der Waals surface area contributed by atoms with Crippen LogP contribution in [-0.2, 0) is 9.59 Å². The van der Waals surface area contributed by atoms with Crippen LogP contribution >= 0.6 is 11.3 Å². The lowest BCUT2D eigenvalue weighted by Crippen LogP contribution is -2.59. The fourth-order valence-electron chi connectivity index (χ4n) is 8.36. The maximum atomic E-state index is 12.9. The van der Waals surface area contributed by atoms with Gasteiger partial charge in [-0.15, -0.1) is 10.2 Å². The molecule has 4 aliphatic carbocycles. The van der Waals surface area contributed by atoms with Crippen LogP contribution in [0, 0.1) is 34.5 Å². The molecular weight excluding hydrogens is 432 g/mol. The number of carbonyl (C=O) groups is 2. The third-order valence-corrected chi connectivity index (χ3v) is 11.4. The summed E-state index contributed by atoms with van der Waals surface area (Å²) in [7, 11) is 1.98. The van der Waals surface area contributed by atoms with Crippen molar-refractivity contribution in [2.45, 2.75) is 83.6 Å². The van der Waals surface area contributed by atoms with E-state index in [1.54, 1.807) is 11.3 Å². The van der Waals surface area contributed by atoms with Gasteiger partial charge in [-0.05, 0) is 86.5 Å². The Kier molecular flexibility index (Phi) is 5.02. The number of anilines is 1. The van der Waals surface area contributed by atoms with Crippen LogP contribution in [0.15, 0.2) is 12.2 Å². The molecule has 4 saturated carbocycles. The van der Waals surface area contributed by atoms with Crippen LogP contribution < -0.4 is 5.32 Å². The van der Waals surface area contributed by atoms with Crippen LogP contribution in [0.25, 0.3) is 0 Å². The molecule has 2 heterocycles. The smallest absolute Gasteiger partial charge is 0.246 e. The van der Waals surface area contributed by atoms with Gasteiger partial charge in [0.15, 0.2) is 0 Å². The number of hydrogen-bond donors (Lipinski definition) is 1. The highest BCUT2D eigenvalue weighted by Gasteiger charge is 2.60. The number of carbonyl (C=O) groups excluding carboxylic acids is 2. The van der Waals surface area contributed by atoms with E-state index in [0.29, 0.717) is 47.2 Å². The molecule has 0 spiro atoms. The molecule has 1 aliphatic heterocycles. The van der Waals surface area contributed by atoms with Crippen molar-refractivity contribution in [3.8, 4) is 0 Å². The van der Waals surface area contributed by atoms with E-state index in [1.165, 1.54) is 38.5 Å². The first-order chi connectivity index (χ1) is 15.8. The van der Waals surface area contributed by atoms with Crippen LogP contribution in [0.1, 0.15) is 82.6 Å². The number of rotatable bonds is 4. The van der Waals surface area contributed by atoms with Crippen LogP contribution in [0.5, 0.6) is 0 Å². The van der Waals surface area contributed by atoms with Crippen LogP contribution in [0.4, 0.5) is 5.13 Å². The second-order valence-corrected chi connectivity index (χ2v) is 12.9. The molecule has 2 amide bonds. The molecule has 1 N–H and O–H groups in total. The molecule has 4 fully saturated rings. The number of nitrogens with zero attached hydrogens (tertiary/aromatic N) is 3. The predicted molar refractivity (Wildman–Crippen MR) is 129 cm³/mol. The zero-order valence-electron chi connectivity index (χ0n) is 20.0. The molecule has 1 aromatic heterocycles. The molecule has 5 aliphatic rings. The number of amides is 2. The third kappa shape index (κ3) is 3.40. The lowest BCUT2D eigenvalue weighted by atomic mass is 9.47. The van der Waals surface area contributed by atoms with E-state index < -0.39 is 0 Å². The number of nitrogens with one attached hydrogen (secondary N) is 1. The minimum absolute atomic E-state index is 0.0828. The number of fused-ring (bicyclic) bond motifs is 5. The first kappa shape index (κ1) is 21.8. The minimum atomic E-state index is 0.0828. The van der Waals surface area contributed by atoms with Crippen LogP contribution in [-0.4, -0.2) is 40.0 Å². The van der Waals surface area contributed by atoms with E-state index in [-0.39, 0.29) is 22.6 Å². The monoisotopic (exact) mass is 468 g/mol. The first-order valence-electron chi connectivity index (χ1n) is 12.9. The Morgan fingerprint density at radius 1 is 1.12 bits per heavy atom. The van der Waals surface area contributed by atoms with Gasteiger partial charge in [-0.25, -0.2) is 0 Å². The van der Waals surface area contributed by atoms with Gasteiger partial charge in [0, 0.05) is 30.8 Å². The van der Waals surface area contributed by atoms with Gasteiger partial charge in [0.1, 0.15) is 5.01 Å². The largest absolute Gasteiger partial charge is 0.338 e. The summed E-state index contributed by atoms with van der Waals surface area (Å²) in [5, 5.41) is 13.3. The second kappa shape index (κ2) is 7.62. The molecule has 4 unspecified atom stereocenters. The third-order valence-electron chi connectivity index (χ3n) is 10.4. The van der Waals surface area contributed by atoms with Crippen molar-refractivity contribution in [3.63, 3.8) is 0 Å². The Labute approximate surface area is 200 Å². The van der Waals surface area contributed by atoms with Crippen molar-refractivity contribution in [1.82, 2.24) is 15.1 Å². The zero-order valence-corrected chi connectivity index (χ0v) is 20.9. The average Bonchev–Trinajstić information content (AvgIpc) is 3.45. The average molecular weight is 469 g/mol. The van der Waals surface area contributed by atoms with Crippen LogP contribution in [0.3, 0.4) is 0 Å². The number of likely N-dealkylation sites (N-methyl/N-ethyl adjacent to an activating group) is 1. The van der Waals surface area contributed by atoms with E-state index in [9.17, 15) is 9.59 Å². The Hall–Kier alpha value is -1.76. The van der Waals surface area contributed by atoms with Crippen molar-refractivity contribution in [1.29, 1.82) is 0 Å². The molecule has 6 rings (SSSR count). The Morgan fingerprint density at radius 2 is 1.94 bits per heavy atom. The highest BCUT2D eigenvalue weighted by molar-refractivity contribution is 7.15. The molecule has 6 nitrogen and oxygen atoms in total. The van der Waals surface area contributed by atoms with E-state index in [1.807, 2.05) is 18.0 Å². The van der Waals surface area contributed by atoms with Crippen molar-refractivity contribution < 1.29 is 9.59 Å². The highest BCUT2D eigenvalue weighted by Crippen LogP contribution is 2.66. The number of hydrogen-bond acceptors (Lipinski definition) is 5. The summed E-state index contributed by atoms with van der Waals surface area (Å²) < 4.78 is 0. The Balaban J connectivity index is 1.15. The highest BCUT2D eigenvalue weighted by atomic mass is 32.1. The summed E-state index contributed by atoms with van der Waals surface area (Å²) in [5.74, 6) is 3.30. The van der Waals surface area contributed by atoms with Gasteiger partial charge in [0.2, 0.25) is 16.9 Å². The zero-order chi connectivity index (χ0) is 23.0. The molecule has 33 heavy (non-hydrogen) atoms. The minimum Gasteiger partial charge on any atom is -0.338 e. The molecular formula is C26H36N4O2S. The summed E-state index contributed by atoms with van der Waals surface area (Å²) in [5.41, 5.74) is 0.321. The molecule has 7 atom stereocenters. The van der Waals surface area contributed by atoms with Gasteiger partial charge >= 0.3 is 0 Å². The van der Waals surface area contributed by atoms with Crippen molar-refractivity contribution in [2.75, 3.05) is 12.4 Å². The maximum absolute atomic E-state index is 12.9. The van der Waals surface area contributed by atoms with Crippen molar-refractivity contribution in [3.05, 3.63) is 17.2 Å². The van der Waals surface area contributed by atoms with Gasteiger partial charge < -0.3 is 10.2 Å². The second-order valence-electron chi connectivity index (χ2n) is 11.9. The lowest BCUT2D eigenvalue weighted by Gasteiger charge is -2.60. The molecule has 1 aromatic rings. The molecule has 0 aromatic carbocycles. The van der Waals surface area contributed by atoms with Gasteiger partial charge in [0.05, 0.1) is 0 Å². The molecule has 0 bridgehead atoms. The van der Waals surface area contributed by atoms with Crippen molar-refractivity contribution >= 4 is 28.3 Å². The molecule has 178 valence electrons. The Bertz CT molecular complexity index is 1000. The summed E-state index contributed by atoms with van der Waals surface area (Å²) >= 11 is 1.55. The number of aromatic nitrogens is 2. The van der Waals surface area contributed by atoms with Gasteiger partial charge in [0.25, 0.3) is 0 Å². The van der Waals surface area contributed by atoms with E-state index in [0.717, 1.165) is 17.8 Å². The standard InChI is InChI=1S/C26H36N4O2S/c1-25-12-10-19-17(7-9-20-26(19,2)13-11-22(32)30(20)3)18(25)8-6-16(25)14-21(31)27-24-29-28-23(33-24)15-4-5-15/h11,13,15-20H,4-10,12,14H2,1-3H3,(H,27,29,31)/t16-,17?,18?,19?,20?,25-,26-/m1/s1. The van der Waals surface area contributed by atoms with E-state index in [4.69, 9.17) is 0 Å². The normalized spacial score (nSPS) is 42.0. The van der Waals surface area contributed by atoms with E-state index in [2.05, 4.69) is 35.4 Å². The summed E-state index contributed by atoms with van der Waals surface area (Å²) in [6, 6.07) is 0.330. The predicted octanol–water partition coefficient (Wildman–Crippen LogP) is 5.00. The molecule has 7 heteroatoms. The SMILES string of the molecule is CN1C(=O)C=C[C@]2(C)C3CC[C@@]4(C)C(CC[C@@H]4CC(=O)Nc4nnc(C5CC5)s4)C3CCC12. The van der Waals surface area contributed by atoms with Gasteiger partial charge in [-0.3, -0.25) is 9.59 Å². The van der Waals surface area contributed by atoms with Crippen molar-refractivity contribution in [2.24, 2.45) is 34.5 Å². The van der Waals surface area contributed by atoms with Gasteiger partial charge in [-0.2, -0.15) is 0 Å². The first-order valence-corrected chi connectivity index (χ1v) is 13.7. The summed E-state index contributed by atoms with van der Waals surface area (Å²) in [6.07, 6.45) is 14.2. The lowest BCUT2D eigenvalue weighted by molar-refractivity contribution is -0.139. The molecule has 0 saturated heterocycles. The van der Waals surface area contributed by atoms with Gasteiger partial charge in [-0.1, -0.05) is 31.3 Å². The maximum Gasteiger partial charge on any atom is 0.246 e. The summed E-state index contributed by atoms with van der Waals surface area (Å²) in [4.78, 5) is 27.2. The fourth-order valence-corrected chi connectivity index (χ4v) is 9.29.